The van der Waals surface area contributed by atoms with Crippen molar-refractivity contribution >= 4 is 5.97 Å². The van der Waals surface area contributed by atoms with E-state index < -0.39 is 35.7 Å². The van der Waals surface area contributed by atoms with E-state index in [1.54, 1.807) is 0 Å². The second-order valence-electron chi connectivity index (χ2n) is 2.65. The summed E-state index contributed by atoms with van der Waals surface area (Å²) in [6.45, 7) is -0.856. The van der Waals surface area contributed by atoms with Crippen molar-refractivity contribution in [3.05, 3.63) is 29.1 Å². The summed E-state index contributed by atoms with van der Waals surface area (Å²) in [4.78, 5) is 13.5. The predicted molar refractivity (Wildman–Crippen MR) is 42.1 cm³/mol. The van der Waals surface area contributed by atoms with Crippen LogP contribution in [-0.2, 0) is 12.8 Å². The highest BCUT2D eigenvalue weighted by Gasteiger charge is 2.33. The van der Waals surface area contributed by atoms with Crippen LogP contribution in [0.5, 0.6) is 0 Å². The number of carbonyl (C=O) groups is 1. The number of alkyl halides is 3. The van der Waals surface area contributed by atoms with Crippen molar-refractivity contribution in [2.75, 3.05) is 0 Å². The molecule has 0 radical (unpaired) electrons. The normalized spacial score (nSPS) is 11.5. The van der Waals surface area contributed by atoms with Crippen LogP contribution in [0.4, 0.5) is 13.2 Å². The summed E-state index contributed by atoms with van der Waals surface area (Å²) in [6, 6.07) is 1.33. The molecule has 1 aromatic heterocycles. The van der Waals surface area contributed by atoms with Crippen LogP contribution in [0.3, 0.4) is 0 Å². The molecule has 2 N–H and O–H groups in total. The first-order valence-corrected chi connectivity index (χ1v) is 3.77. The number of aliphatic hydroxyl groups excluding tert-OH is 1. The van der Waals surface area contributed by atoms with Crippen LogP contribution in [0.15, 0.2) is 12.1 Å². The Balaban J connectivity index is 3.25. The van der Waals surface area contributed by atoms with Gasteiger partial charge in [0.15, 0.2) is 0 Å². The molecule has 1 heterocycles. The van der Waals surface area contributed by atoms with E-state index in [2.05, 4.69) is 4.98 Å². The summed E-state index contributed by atoms with van der Waals surface area (Å²) in [6.07, 6.45) is -4.65. The molecular weight excluding hydrogens is 215 g/mol. The van der Waals surface area contributed by atoms with Gasteiger partial charge in [-0.15, -0.1) is 0 Å². The molecule has 1 aromatic rings. The number of aromatic carboxylic acids is 1. The minimum atomic E-state index is -4.65. The number of hydrogen-bond donors (Lipinski definition) is 2. The molecule has 0 amide bonds. The molecule has 0 unspecified atom stereocenters. The van der Waals surface area contributed by atoms with Gasteiger partial charge in [-0.05, 0) is 12.1 Å². The molecule has 7 heteroatoms. The molecule has 0 aromatic carbocycles. The average Bonchev–Trinajstić information content (AvgIpc) is 2.15. The fourth-order valence-electron chi connectivity index (χ4n) is 0.974. The van der Waals surface area contributed by atoms with Gasteiger partial charge < -0.3 is 10.2 Å². The fourth-order valence-corrected chi connectivity index (χ4v) is 0.974. The fraction of sp³-hybridized carbons (Fsp3) is 0.250. The second kappa shape index (κ2) is 3.85. The van der Waals surface area contributed by atoms with Crippen molar-refractivity contribution < 1.29 is 28.2 Å². The molecule has 15 heavy (non-hydrogen) atoms. The molecule has 0 atom stereocenters. The Morgan fingerprint density at radius 2 is 2.00 bits per heavy atom. The number of rotatable bonds is 2. The number of pyridine rings is 1. The van der Waals surface area contributed by atoms with Gasteiger partial charge in [-0.2, -0.15) is 13.2 Å². The summed E-state index contributed by atoms with van der Waals surface area (Å²) < 4.78 is 36.4. The zero-order valence-electron chi connectivity index (χ0n) is 7.25. The standard InChI is InChI=1S/C8H6F3NO3/c9-8(10,11)6-2-1-4(7(14)15)5(3-13)12-6/h1-2,13H,3H2,(H,14,15). The van der Waals surface area contributed by atoms with Crippen molar-refractivity contribution in [1.82, 2.24) is 4.98 Å². The van der Waals surface area contributed by atoms with Crippen molar-refractivity contribution in [1.29, 1.82) is 0 Å². The van der Waals surface area contributed by atoms with E-state index in [4.69, 9.17) is 10.2 Å². The molecule has 0 fully saturated rings. The average molecular weight is 221 g/mol. The van der Waals surface area contributed by atoms with Crippen molar-refractivity contribution in [2.45, 2.75) is 12.8 Å². The third-order valence-electron chi connectivity index (χ3n) is 1.64. The van der Waals surface area contributed by atoms with Crippen LogP contribution in [0.25, 0.3) is 0 Å². The van der Waals surface area contributed by atoms with Crippen LogP contribution in [0.2, 0.25) is 0 Å². The summed E-state index contributed by atoms with van der Waals surface area (Å²) in [7, 11) is 0. The number of halogens is 3. The van der Waals surface area contributed by atoms with Crippen LogP contribution in [-0.4, -0.2) is 21.2 Å². The van der Waals surface area contributed by atoms with Gasteiger partial charge in [0.05, 0.1) is 17.9 Å². The van der Waals surface area contributed by atoms with E-state index in [0.29, 0.717) is 6.07 Å². The van der Waals surface area contributed by atoms with Gasteiger partial charge in [0.1, 0.15) is 5.69 Å². The van der Waals surface area contributed by atoms with Gasteiger partial charge in [-0.25, -0.2) is 9.78 Å². The van der Waals surface area contributed by atoms with Gasteiger partial charge in [-0.1, -0.05) is 0 Å². The van der Waals surface area contributed by atoms with E-state index in [9.17, 15) is 18.0 Å². The van der Waals surface area contributed by atoms with E-state index >= 15 is 0 Å². The largest absolute Gasteiger partial charge is 0.478 e. The number of carboxylic acid groups (broad SMARTS) is 1. The first-order chi connectivity index (χ1) is 6.86. The first-order valence-electron chi connectivity index (χ1n) is 3.77. The first kappa shape index (κ1) is 11.4. The maximum Gasteiger partial charge on any atom is 0.433 e. The third-order valence-corrected chi connectivity index (χ3v) is 1.64. The van der Waals surface area contributed by atoms with E-state index in [0.717, 1.165) is 6.07 Å². The zero-order chi connectivity index (χ0) is 11.6. The Kier molecular flexibility index (Phi) is 2.94. The lowest BCUT2D eigenvalue weighted by Crippen LogP contribution is -2.13. The molecule has 4 nitrogen and oxygen atoms in total. The van der Waals surface area contributed by atoms with Gasteiger partial charge in [0, 0.05) is 0 Å². The van der Waals surface area contributed by atoms with E-state index in [-0.39, 0.29) is 0 Å². The van der Waals surface area contributed by atoms with Crippen LogP contribution >= 0.6 is 0 Å². The highest BCUT2D eigenvalue weighted by atomic mass is 19.4. The Hall–Kier alpha value is -1.63. The Morgan fingerprint density at radius 3 is 2.40 bits per heavy atom. The number of carboxylic acids is 1. The van der Waals surface area contributed by atoms with Gasteiger partial charge in [0.2, 0.25) is 0 Å². The predicted octanol–water partition coefficient (Wildman–Crippen LogP) is 1.29. The van der Waals surface area contributed by atoms with Crippen LogP contribution in [0.1, 0.15) is 21.7 Å². The highest BCUT2D eigenvalue weighted by Crippen LogP contribution is 2.28. The maximum atomic E-state index is 12.1. The molecule has 1 rings (SSSR count). The Labute approximate surface area is 82.0 Å². The molecule has 0 aliphatic carbocycles. The van der Waals surface area contributed by atoms with Gasteiger partial charge in [-0.3, -0.25) is 0 Å². The smallest absolute Gasteiger partial charge is 0.433 e. The summed E-state index contributed by atoms with van der Waals surface area (Å²) in [5, 5.41) is 17.2. The molecule has 0 bridgehead atoms. The van der Waals surface area contributed by atoms with Crippen LogP contribution < -0.4 is 0 Å². The molecule has 0 saturated carbocycles. The minimum Gasteiger partial charge on any atom is -0.478 e. The summed E-state index contributed by atoms with van der Waals surface area (Å²) in [5.41, 5.74) is -2.17. The minimum absolute atomic E-state index is 0.439. The topological polar surface area (TPSA) is 70.4 Å². The lowest BCUT2D eigenvalue weighted by molar-refractivity contribution is -0.141. The quantitative estimate of drug-likeness (QED) is 0.789. The van der Waals surface area contributed by atoms with Crippen molar-refractivity contribution in [3.63, 3.8) is 0 Å². The second-order valence-corrected chi connectivity index (χ2v) is 2.65. The highest BCUT2D eigenvalue weighted by molar-refractivity contribution is 5.88. The zero-order valence-corrected chi connectivity index (χ0v) is 7.25. The third kappa shape index (κ3) is 2.44. The summed E-state index contributed by atoms with van der Waals surface area (Å²) in [5.74, 6) is -1.43. The number of aliphatic hydroxyl groups is 1. The lowest BCUT2D eigenvalue weighted by Gasteiger charge is -2.08. The van der Waals surface area contributed by atoms with Crippen LogP contribution in [0, 0.1) is 0 Å². The molecule has 0 aliphatic heterocycles. The SMILES string of the molecule is O=C(O)c1ccc(C(F)(F)F)nc1CO. The van der Waals surface area contributed by atoms with Gasteiger partial charge >= 0.3 is 12.1 Å². The Morgan fingerprint density at radius 1 is 1.40 bits per heavy atom. The number of nitrogens with zero attached hydrogens (tertiary/aromatic N) is 1. The molecular formula is C8H6F3NO3. The number of aromatic nitrogens is 1. The Bertz CT molecular complexity index is 389. The molecule has 0 aliphatic rings. The number of hydrogen-bond acceptors (Lipinski definition) is 3. The van der Waals surface area contributed by atoms with Crippen molar-refractivity contribution in [3.8, 4) is 0 Å². The summed E-state index contributed by atoms with van der Waals surface area (Å²) >= 11 is 0. The van der Waals surface area contributed by atoms with Crippen molar-refractivity contribution in [2.24, 2.45) is 0 Å². The maximum absolute atomic E-state index is 12.1. The molecule has 0 spiro atoms. The van der Waals surface area contributed by atoms with E-state index in [1.165, 1.54) is 0 Å². The molecule has 82 valence electrons. The monoisotopic (exact) mass is 221 g/mol. The molecule has 0 saturated heterocycles. The lowest BCUT2D eigenvalue weighted by atomic mass is 10.2. The van der Waals surface area contributed by atoms with E-state index in [1.807, 2.05) is 0 Å². The van der Waals surface area contributed by atoms with Gasteiger partial charge in [0.25, 0.3) is 0 Å².